The van der Waals surface area contributed by atoms with Gasteiger partial charge in [-0.25, -0.2) is 0 Å². The Balaban J connectivity index is 2.22. The first-order valence-corrected chi connectivity index (χ1v) is 7.62. The zero-order valence-corrected chi connectivity index (χ0v) is 12.2. The van der Waals surface area contributed by atoms with Crippen molar-refractivity contribution in [3.05, 3.63) is 28.7 Å². The van der Waals surface area contributed by atoms with Crippen molar-refractivity contribution in [3.8, 4) is 0 Å². The minimum atomic E-state index is 0.797. The molecule has 0 radical (unpaired) electrons. The monoisotopic (exact) mass is 304 g/mol. The van der Waals surface area contributed by atoms with Crippen molar-refractivity contribution in [2.75, 3.05) is 11.5 Å². The molecule has 0 fully saturated rings. The average molecular weight is 305 g/mol. The highest BCUT2D eigenvalue weighted by molar-refractivity contribution is 9.10. The van der Waals surface area contributed by atoms with Gasteiger partial charge in [0.25, 0.3) is 0 Å². The van der Waals surface area contributed by atoms with E-state index < -0.39 is 0 Å². The number of benzene rings is 1. The highest BCUT2D eigenvalue weighted by Gasteiger charge is 2.01. The molecule has 0 heterocycles. The van der Waals surface area contributed by atoms with E-state index in [9.17, 15) is 0 Å². The molecule has 1 atom stereocenters. The zero-order chi connectivity index (χ0) is 11.1. The Kier molecular flexibility index (Phi) is 6.86. The van der Waals surface area contributed by atoms with E-state index in [-0.39, 0.29) is 0 Å². The molecule has 1 aromatic carbocycles. The summed E-state index contributed by atoms with van der Waals surface area (Å²) in [6.07, 6.45) is 2.51. The second-order valence-electron chi connectivity index (χ2n) is 3.71. The van der Waals surface area contributed by atoms with Crippen LogP contribution in [0, 0.1) is 5.92 Å². The van der Waals surface area contributed by atoms with Crippen molar-refractivity contribution >= 4 is 40.3 Å². The first kappa shape index (κ1) is 13.5. The lowest BCUT2D eigenvalue weighted by Gasteiger charge is -2.08. The van der Waals surface area contributed by atoms with Crippen LogP contribution in [-0.4, -0.2) is 11.5 Å². The molecule has 0 aromatic heterocycles. The maximum atomic E-state index is 4.25. The van der Waals surface area contributed by atoms with E-state index in [0.717, 1.165) is 16.1 Å². The summed E-state index contributed by atoms with van der Waals surface area (Å²) in [6, 6.07) is 8.52. The van der Waals surface area contributed by atoms with Crippen LogP contribution in [0.4, 0.5) is 0 Å². The van der Waals surface area contributed by atoms with Crippen LogP contribution in [0.2, 0.25) is 0 Å². The van der Waals surface area contributed by atoms with Gasteiger partial charge in [0.15, 0.2) is 0 Å². The van der Waals surface area contributed by atoms with Gasteiger partial charge < -0.3 is 0 Å². The van der Waals surface area contributed by atoms with E-state index >= 15 is 0 Å². The van der Waals surface area contributed by atoms with E-state index in [0.29, 0.717) is 0 Å². The molecule has 0 amide bonds. The molecule has 84 valence electrons. The van der Waals surface area contributed by atoms with Crippen LogP contribution in [0.3, 0.4) is 0 Å². The van der Waals surface area contributed by atoms with Gasteiger partial charge in [-0.3, -0.25) is 0 Å². The van der Waals surface area contributed by atoms with Crippen LogP contribution < -0.4 is 0 Å². The van der Waals surface area contributed by atoms with E-state index in [1.807, 2.05) is 11.8 Å². The van der Waals surface area contributed by atoms with E-state index in [4.69, 9.17) is 0 Å². The summed E-state index contributed by atoms with van der Waals surface area (Å²) in [5.41, 5.74) is 0. The molecule has 1 rings (SSSR count). The molecule has 0 aliphatic heterocycles. The molecule has 0 bridgehead atoms. The quantitative estimate of drug-likeness (QED) is 0.577. The minimum Gasteiger partial charge on any atom is -0.179 e. The summed E-state index contributed by atoms with van der Waals surface area (Å²) in [6.45, 7) is 2.30. The molecule has 1 unspecified atom stereocenters. The maximum Gasteiger partial charge on any atom is 0.0176 e. The highest BCUT2D eigenvalue weighted by atomic mass is 79.9. The van der Waals surface area contributed by atoms with Gasteiger partial charge in [-0.1, -0.05) is 22.9 Å². The summed E-state index contributed by atoms with van der Waals surface area (Å²) >= 11 is 9.63. The van der Waals surface area contributed by atoms with E-state index in [1.165, 1.54) is 23.5 Å². The SMILES string of the molecule is CC(CCS)CCSc1ccc(Br)cc1. The first-order valence-electron chi connectivity index (χ1n) is 5.21. The predicted octanol–water partition coefficient (Wildman–Crippen LogP) is 4.89. The normalized spacial score (nSPS) is 12.7. The maximum absolute atomic E-state index is 4.25. The second kappa shape index (κ2) is 7.64. The van der Waals surface area contributed by atoms with Crippen LogP contribution in [0.5, 0.6) is 0 Å². The van der Waals surface area contributed by atoms with Gasteiger partial charge in [0, 0.05) is 9.37 Å². The Morgan fingerprint density at radius 3 is 2.53 bits per heavy atom. The van der Waals surface area contributed by atoms with Crippen LogP contribution in [0.25, 0.3) is 0 Å². The van der Waals surface area contributed by atoms with Crippen molar-refractivity contribution in [1.82, 2.24) is 0 Å². The number of thioether (sulfide) groups is 1. The largest absolute Gasteiger partial charge is 0.179 e. The summed E-state index contributed by atoms with van der Waals surface area (Å²) < 4.78 is 1.15. The van der Waals surface area contributed by atoms with Crippen LogP contribution in [0.1, 0.15) is 19.8 Å². The Morgan fingerprint density at radius 2 is 1.93 bits per heavy atom. The van der Waals surface area contributed by atoms with Crippen molar-refractivity contribution in [2.45, 2.75) is 24.7 Å². The number of hydrogen-bond donors (Lipinski definition) is 1. The first-order chi connectivity index (χ1) is 7.22. The molecule has 0 spiro atoms. The number of halogens is 1. The summed E-state index contributed by atoms with van der Waals surface area (Å²) in [4.78, 5) is 1.36. The van der Waals surface area contributed by atoms with Gasteiger partial charge in [0.2, 0.25) is 0 Å². The molecule has 0 nitrogen and oxygen atoms in total. The van der Waals surface area contributed by atoms with E-state index in [1.54, 1.807) is 0 Å². The standard InChI is InChI=1S/C12H17BrS2/c1-10(6-8-14)7-9-15-12-4-2-11(13)3-5-12/h2-5,10,14H,6-9H2,1H3. The topological polar surface area (TPSA) is 0 Å². The van der Waals surface area contributed by atoms with Crippen molar-refractivity contribution in [2.24, 2.45) is 5.92 Å². The molecular formula is C12H17BrS2. The fourth-order valence-electron chi connectivity index (χ4n) is 1.27. The lowest BCUT2D eigenvalue weighted by molar-refractivity contribution is 0.554. The van der Waals surface area contributed by atoms with Gasteiger partial charge in [0.05, 0.1) is 0 Å². The molecule has 3 heteroatoms. The van der Waals surface area contributed by atoms with Gasteiger partial charge in [-0.15, -0.1) is 11.8 Å². The molecule has 0 N–H and O–H groups in total. The number of rotatable bonds is 6. The minimum absolute atomic E-state index is 0.797. The fraction of sp³-hybridized carbons (Fsp3) is 0.500. The van der Waals surface area contributed by atoms with Gasteiger partial charge >= 0.3 is 0 Å². The third-order valence-electron chi connectivity index (χ3n) is 2.31. The summed E-state index contributed by atoms with van der Waals surface area (Å²) in [7, 11) is 0. The fourth-order valence-corrected chi connectivity index (χ4v) is 3.06. The molecule has 1 aromatic rings. The van der Waals surface area contributed by atoms with Crippen molar-refractivity contribution < 1.29 is 0 Å². The van der Waals surface area contributed by atoms with Gasteiger partial charge in [-0.2, -0.15) is 12.6 Å². The molecule has 0 saturated carbocycles. The van der Waals surface area contributed by atoms with Crippen LogP contribution in [0.15, 0.2) is 33.6 Å². The van der Waals surface area contributed by atoms with Gasteiger partial charge in [-0.05, 0) is 54.5 Å². The van der Waals surface area contributed by atoms with Crippen molar-refractivity contribution in [1.29, 1.82) is 0 Å². The Labute approximate surface area is 111 Å². The molecule has 0 aliphatic carbocycles. The van der Waals surface area contributed by atoms with Gasteiger partial charge in [0.1, 0.15) is 0 Å². The second-order valence-corrected chi connectivity index (χ2v) is 6.24. The summed E-state index contributed by atoms with van der Waals surface area (Å²) in [5.74, 6) is 3.01. The van der Waals surface area contributed by atoms with Crippen molar-refractivity contribution in [3.63, 3.8) is 0 Å². The molecule has 0 saturated heterocycles. The predicted molar refractivity (Wildman–Crippen MR) is 77.1 cm³/mol. The van der Waals surface area contributed by atoms with E-state index in [2.05, 4.69) is 59.7 Å². The third-order valence-corrected chi connectivity index (χ3v) is 4.15. The smallest absolute Gasteiger partial charge is 0.0176 e. The third kappa shape index (κ3) is 5.88. The Bertz CT molecular complexity index is 271. The average Bonchev–Trinajstić information content (AvgIpc) is 2.21. The number of thiol groups is 1. The summed E-state index contributed by atoms with van der Waals surface area (Å²) in [5, 5.41) is 0. The zero-order valence-electron chi connectivity index (χ0n) is 8.95. The molecule has 0 aliphatic rings. The Hall–Kier alpha value is 0.400. The van der Waals surface area contributed by atoms with Crippen LogP contribution >= 0.6 is 40.3 Å². The highest BCUT2D eigenvalue weighted by Crippen LogP contribution is 2.23. The number of hydrogen-bond acceptors (Lipinski definition) is 2. The molecular weight excluding hydrogens is 288 g/mol. The lowest BCUT2D eigenvalue weighted by Crippen LogP contribution is -1.97. The van der Waals surface area contributed by atoms with Crippen LogP contribution in [-0.2, 0) is 0 Å². The molecule has 15 heavy (non-hydrogen) atoms. The Morgan fingerprint density at radius 1 is 1.27 bits per heavy atom. The lowest BCUT2D eigenvalue weighted by atomic mass is 10.1.